The molecule has 0 aromatic carbocycles. The topological polar surface area (TPSA) is 81.7 Å². The van der Waals surface area contributed by atoms with Crippen LogP contribution in [0.5, 0.6) is 0 Å². The number of nitrogen functional groups attached to an aromatic ring is 1. The monoisotopic (exact) mass is 274 g/mol. The molecule has 0 saturated heterocycles. The molecule has 6 heteroatoms. The van der Waals surface area contributed by atoms with E-state index in [0.717, 1.165) is 42.2 Å². The minimum atomic E-state index is 0.310. The maximum atomic E-state index is 5.75. The van der Waals surface area contributed by atoms with Gasteiger partial charge in [0, 0.05) is 30.7 Å². The number of rotatable bonds is 6. The number of aryl methyl sites for hydroxylation is 2. The molecule has 0 aliphatic carbocycles. The molecule has 0 aliphatic rings. The molecule has 6 nitrogen and oxygen atoms in total. The van der Waals surface area contributed by atoms with E-state index in [9.17, 15) is 0 Å². The number of imidazole rings is 1. The molecule has 0 atom stereocenters. The standard InChI is InChI=1S/C14H22N6/c1-4-5-6-11-10(2)18-14(15)19-13(11)17-9-12-16-7-8-20(12)3/h7-8H,4-6,9H2,1-3H3,(H3,15,17,18,19). The summed E-state index contributed by atoms with van der Waals surface area (Å²) in [5.74, 6) is 2.10. The molecule has 0 fully saturated rings. The van der Waals surface area contributed by atoms with Crippen LogP contribution in [0, 0.1) is 6.92 Å². The molecule has 0 unspecified atom stereocenters. The van der Waals surface area contributed by atoms with E-state index >= 15 is 0 Å². The van der Waals surface area contributed by atoms with Crippen LogP contribution in [0.4, 0.5) is 11.8 Å². The lowest BCUT2D eigenvalue weighted by Gasteiger charge is -2.13. The zero-order chi connectivity index (χ0) is 14.5. The van der Waals surface area contributed by atoms with E-state index in [-0.39, 0.29) is 0 Å². The number of nitrogens with two attached hydrogens (primary N) is 1. The maximum absolute atomic E-state index is 5.75. The lowest BCUT2D eigenvalue weighted by Crippen LogP contribution is -2.12. The first-order valence-electron chi connectivity index (χ1n) is 6.95. The first-order valence-corrected chi connectivity index (χ1v) is 6.95. The second-order valence-corrected chi connectivity index (χ2v) is 4.91. The van der Waals surface area contributed by atoms with Crippen molar-refractivity contribution in [2.45, 2.75) is 39.7 Å². The summed E-state index contributed by atoms with van der Waals surface area (Å²) in [5, 5.41) is 3.33. The molecule has 0 radical (unpaired) electrons. The van der Waals surface area contributed by atoms with Gasteiger partial charge >= 0.3 is 0 Å². The molecule has 2 rings (SSSR count). The zero-order valence-electron chi connectivity index (χ0n) is 12.3. The van der Waals surface area contributed by atoms with Gasteiger partial charge in [-0.15, -0.1) is 0 Å². The molecular formula is C14H22N6. The number of nitrogens with zero attached hydrogens (tertiary/aromatic N) is 4. The Morgan fingerprint density at radius 3 is 2.80 bits per heavy atom. The Kier molecular flexibility index (Phi) is 4.55. The fourth-order valence-corrected chi connectivity index (χ4v) is 2.15. The first kappa shape index (κ1) is 14.3. The predicted molar refractivity (Wildman–Crippen MR) is 80.3 cm³/mol. The summed E-state index contributed by atoms with van der Waals surface area (Å²) in [7, 11) is 1.97. The molecular weight excluding hydrogens is 252 g/mol. The minimum absolute atomic E-state index is 0.310. The first-order chi connectivity index (χ1) is 9.61. The summed E-state index contributed by atoms with van der Waals surface area (Å²) < 4.78 is 1.98. The predicted octanol–water partition coefficient (Wildman–Crippen LogP) is 2.06. The van der Waals surface area contributed by atoms with Crippen molar-refractivity contribution in [1.29, 1.82) is 0 Å². The summed E-state index contributed by atoms with van der Waals surface area (Å²) in [6, 6.07) is 0. The number of unbranched alkanes of at least 4 members (excludes halogenated alkanes) is 1. The molecule has 0 amide bonds. The Labute approximate surface area is 119 Å². The number of nitrogens with one attached hydrogen (secondary N) is 1. The molecule has 2 aromatic heterocycles. The highest BCUT2D eigenvalue weighted by Crippen LogP contribution is 2.20. The molecule has 3 N–H and O–H groups in total. The quantitative estimate of drug-likeness (QED) is 0.842. The highest BCUT2D eigenvalue weighted by molar-refractivity contribution is 5.49. The van der Waals surface area contributed by atoms with E-state index in [1.165, 1.54) is 0 Å². The molecule has 0 aliphatic heterocycles. The SMILES string of the molecule is CCCCc1c(C)nc(N)nc1NCc1nccn1C. The van der Waals surface area contributed by atoms with Crippen molar-refractivity contribution >= 4 is 11.8 Å². The summed E-state index contributed by atoms with van der Waals surface area (Å²) in [6.45, 7) is 4.78. The molecule has 108 valence electrons. The van der Waals surface area contributed by atoms with Crippen molar-refractivity contribution in [2.24, 2.45) is 7.05 Å². The largest absolute Gasteiger partial charge is 0.368 e. The summed E-state index contributed by atoms with van der Waals surface area (Å²) in [4.78, 5) is 12.9. The van der Waals surface area contributed by atoms with Gasteiger partial charge in [-0.3, -0.25) is 0 Å². The Hall–Kier alpha value is -2.11. The maximum Gasteiger partial charge on any atom is 0.222 e. The van der Waals surface area contributed by atoms with Gasteiger partial charge in [-0.05, 0) is 19.8 Å². The number of aromatic nitrogens is 4. The smallest absolute Gasteiger partial charge is 0.222 e. The third kappa shape index (κ3) is 3.26. The van der Waals surface area contributed by atoms with Crippen LogP contribution in [-0.2, 0) is 20.0 Å². The van der Waals surface area contributed by atoms with Gasteiger partial charge in [0.1, 0.15) is 11.6 Å². The van der Waals surface area contributed by atoms with Crippen molar-refractivity contribution < 1.29 is 0 Å². The van der Waals surface area contributed by atoms with Crippen molar-refractivity contribution in [3.05, 3.63) is 29.5 Å². The van der Waals surface area contributed by atoms with Crippen LogP contribution in [0.2, 0.25) is 0 Å². The molecule has 0 saturated carbocycles. The van der Waals surface area contributed by atoms with Crippen LogP contribution >= 0.6 is 0 Å². The highest BCUT2D eigenvalue weighted by atomic mass is 15.1. The van der Waals surface area contributed by atoms with Crippen LogP contribution < -0.4 is 11.1 Å². The van der Waals surface area contributed by atoms with Crippen LogP contribution in [0.1, 0.15) is 36.8 Å². The normalized spacial score (nSPS) is 10.8. The average Bonchev–Trinajstić information content (AvgIpc) is 2.80. The van der Waals surface area contributed by atoms with Gasteiger partial charge in [-0.2, -0.15) is 4.98 Å². The van der Waals surface area contributed by atoms with Gasteiger partial charge in [-0.25, -0.2) is 9.97 Å². The molecule has 2 aromatic rings. The second-order valence-electron chi connectivity index (χ2n) is 4.91. The molecule has 20 heavy (non-hydrogen) atoms. The van der Waals surface area contributed by atoms with Crippen molar-refractivity contribution in [3.8, 4) is 0 Å². The van der Waals surface area contributed by atoms with Crippen LogP contribution in [0.3, 0.4) is 0 Å². The molecule has 2 heterocycles. The van der Waals surface area contributed by atoms with Crippen molar-refractivity contribution in [3.63, 3.8) is 0 Å². The van der Waals surface area contributed by atoms with Gasteiger partial charge < -0.3 is 15.6 Å². The number of hydrogen-bond acceptors (Lipinski definition) is 5. The zero-order valence-corrected chi connectivity index (χ0v) is 12.3. The van der Waals surface area contributed by atoms with E-state index < -0.39 is 0 Å². The van der Waals surface area contributed by atoms with Gasteiger partial charge in [0.15, 0.2) is 0 Å². The summed E-state index contributed by atoms with van der Waals surface area (Å²) in [6.07, 6.45) is 6.93. The number of anilines is 2. The van der Waals surface area contributed by atoms with Gasteiger partial charge in [0.05, 0.1) is 6.54 Å². The summed E-state index contributed by atoms with van der Waals surface area (Å²) in [5.41, 5.74) is 7.85. The highest BCUT2D eigenvalue weighted by Gasteiger charge is 2.11. The van der Waals surface area contributed by atoms with Gasteiger partial charge in [0.25, 0.3) is 0 Å². The Bertz CT molecular complexity index is 575. The van der Waals surface area contributed by atoms with Gasteiger partial charge in [-0.1, -0.05) is 13.3 Å². The van der Waals surface area contributed by atoms with E-state index in [4.69, 9.17) is 5.73 Å². The fourth-order valence-electron chi connectivity index (χ4n) is 2.15. The van der Waals surface area contributed by atoms with E-state index in [2.05, 4.69) is 27.2 Å². The Morgan fingerprint density at radius 1 is 1.35 bits per heavy atom. The second kappa shape index (κ2) is 6.36. The van der Waals surface area contributed by atoms with Crippen molar-refractivity contribution in [1.82, 2.24) is 19.5 Å². The lowest BCUT2D eigenvalue weighted by molar-refractivity contribution is 0.776. The van der Waals surface area contributed by atoms with Crippen LogP contribution in [0.15, 0.2) is 12.4 Å². The minimum Gasteiger partial charge on any atom is -0.368 e. The Balaban J connectivity index is 2.18. The fraction of sp³-hybridized carbons (Fsp3) is 0.500. The Morgan fingerprint density at radius 2 is 2.15 bits per heavy atom. The van der Waals surface area contributed by atoms with Crippen LogP contribution in [-0.4, -0.2) is 19.5 Å². The van der Waals surface area contributed by atoms with E-state index in [0.29, 0.717) is 12.5 Å². The number of hydrogen-bond donors (Lipinski definition) is 2. The average molecular weight is 274 g/mol. The third-order valence-electron chi connectivity index (χ3n) is 3.35. The van der Waals surface area contributed by atoms with Crippen LogP contribution in [0.25, 0.3) is 0 Å². The van der Waals surface area contributed by atoms with E-state index in [1.807, 2.05) is 24.7 Å². The third-order valence-corrected chi connectivity index (χ3v) is 3.35. The molecule has 0 bridgehead atoms. The van der Waals surface area contributed by atoms with Crippen molar-refractivity contribution in [2.75, 3.05) is 11.1 Å². The summed E-state index contributed by atoms with van der Waals surface area (Å²) >= 11 is 0. The van der Waals surface area contributed by atoms with Gasteiger partial charge in [0.2, 0.25) is 5.95 Å². The van der Waals surface area contributed by atoms with E-state index in [1.54, 1.807) is 6.20 Å². The lowest BCUT2D eigenvalue weighted by atomic mass is 10.1. The molecule has 0 spiro atoms.